The van der Waals surface area contributed by atoms with E-state index in [4.69, 9.17) is 14.6 Å². The Morgan fingerprint density at radius 2 is 1.93 bits per heavy atom. The molecule has 0 aliphatic carbocycles. The lowest BCUT2D eigenvalue weighted by Crippen LogP contribution is -2.46. The summed E-state index contributed by atoms with van der Waals surface area (Å²) >= 11 is 0. The van der Waals surface area contributed by atoms with Crippen molar-refractivity contribution in [3.05, 3.63) is 30.3 Å². The highest BCUT2D eigenvalue weighted by Crippen LogP contribution is 2.35. The van der Waals surface area contributed by atoms with Gasteiger partial charge in [0.15, 0.2) is 0 Å². The van der Waals surface area contributed by atoms with E-state index in [1.165, 1.54) is 0 Å². The molecule has 0 unspecified atom stereocenters. The summed E-state index contributed by atoms with van der Waals surface area (Å²) in [6.07, 6.45) is -0.960. The number of alkyl halides is 3. The quantitative estimate of drug-likeness (QED) is 0.749. The molecule has 0 bridgehead atoms. The summed E-state index contributed by atoms with van der Waals surface area (Å²) in [6.45, 7) is 2.36. The average molecular weight is 438 g/mol. The maximum atomic E-state index is 12.3. The van der Waals surface area contributed by atoms with Crippen LogP contribution in [0.25, 0.3) is 0 Å². The zero-order chi connectivity index (χ0) is 21.7. The molecule has 2 aliphatic heterocycles. The first-order chi connectivity index (χ1) is 13.4. The number of rotatable bonds is 4. The Balaban J connectivity index is 0.000000370. The third-order valence-electron chi connectivity index (χ3n) is 4.88. The van der Waals surface area contributed by atoms with Crippen molar-refractivity contribution in [2.24, 2.45) is 0 Å². The fraction of sp³-hybridized carbons (Fsp3) is 0.611. The van der Waals surface area contributed by atoms with Crippen LogP contribution >= 0.6 is 0 Å². The molecular weight excluding hydrogens is 413 g/mol. The number of carboxylic acid groups (broad SMARTS) is 1. The van der Waals surface area contributed by atoms with Gasteiger partial charge in [-0.3, -0.25) is 0 Å². The third-order valence-corrected chi connectivity index (χ3v) is 6.32. The molecule has 2 aliphatic rings. The van der Waals surface area contributed by atoms with E-state index < -0.39 is 22.2 Å². The standard InChI is InChI=1S/C16H24N2O3S.C2HF3O2/c1-18-11-10-16(13-18)9-5-6-14(21-16)12-17-22(19,20)15-7-3-2-4-8-15;3-2(4,5)1(6)7/h2-4,7-8,14,17H,5-6,9-13H2,1H3;(H,6,7)/t14-,16-;/m1./s1. The summed E-state index contributed by atoms with van der Waals surface area (Å²) in [4.78, 5) is 11.5. The molecule has 0 saturated carbocycles. The third kappa shape index (κ3) is 6.95. The van der Waals surface area contributed by atoms with Crippen molar-refractivity contribution < 1.29 is 36.2 Å². The van der Waals surface area contributed by atoms with Crippen LogP contribution in [0, 0.1) is 0 Å². The first kappa shape index (κ1) is 23.6. The van der Waals surface area contributed by atoms with Crippen LogP contribution in [0.5, 0.6) is 0 Å². The first-order valence-electron chi connectivity index (χ1n) is 9.15. The number of carboxylic acids is 1. The summed E-state index contributed by atoms with van der Waals surface area (Å²) in [5.74, 6) is -2.76. The molecule has 1 aromatic carbocycles. The van der Waals surface area contributed by atoms with Crippen LogP contribution in [0.1, 0.15) is 25.7 Å². The van der Waals surface area contributed by atoms with Crippen molar-refractivity contribution >= 4 is 16.0 Å². The van der Waals surface area contributed by atoms with E-state index in [1.54, 1.807) is 24.3 Å². The number of nitrogens with one attached hydrogen (secondary N) is 1. The molecule has 29 heavy (non-hydrogen) atoms. The summed E-state index contributed by atoms with van der Waals surface area (Å²) in [7, 11) is -1.33. The Labute approximate surface area is 167 Å². The average Bonchev–Trinajstić information content (AvgIpc) is 3.00. The molecule has 2 N–H and O–H groups in total. The molecule has 0 aromatic heterocycles. The van der Waals surface area contributed by atoms with Gasteiger partial charge in [-0.05, 0) is 44.9 Å². The van der Waals surface area contributed by atoms with Crippen LogP contribution in [0.4, 0.5) is 13.2 Å². The minimum absolute atomic E-state index is 0.0289. The molecule has 0 amide bonds. The summed E-state index contributed by atoms with van der Waals surface area (Å²) < 4.78 is 65.2. The van der Waals surface area contributed by atoms with Crippen LogP contribution in [0.3, 0.4) is 0 Å². The molecular formula is C18H25F3N2O5S. The van der Waals surface area contributed by atoms with E-state index in [1.807, 2.05) is 6.07 Å². The predicted octanol–water partition coefficient (Wildman–Crippen LogP) is 2.24. The lowest BCUT2D eigenvalue weighted by Gasteiger charge is -2.38. The fourth-order valence-corrected chi connectivity index (χ4v) is 4.58. The van der Waals surface area contributed by atoms with Gasteiger partial charge < -0.3 is 14.7 Å². The molecule has 2 fully saturated rings. The van der Waals surface area contributed by atoms with Gasteiger partial charge in [-0.15, -0.1) is 0 Å². The van der Waals surface area contributed by atoms with Gasteiger partial charge in [-0.1, -0.05) is 18.2 Å². The highest BCUT2D eigenvalue weighted by Gasteiger charge is 2.42. The minimum Gasteiger partial charge on any atom is -0.475 e. The van der Waals surface area contributed by atoms with Gasteiger partial charge in [0, 0.05) is 19.6 Å². The summed E-state index contributed by atoms with van der Waals surface area (Å²) in [5.41, 5.74) is -0.0597. The highest BCUT2D eigenvalue weighted by molar-refractivity contribution is 7.89. The number of sulfonamides is 1. The summed E-state index contributed by atoms with van der Waals surface area (Å²) in [5, 5.41) is 7.12. The van der Waals surface area contributed by atoms with Gasteiger partial charge in [-0.2, -0.15) is 13.2 Å². The van der Waals surface area contributed by atoms with E-state index >= 15 is 0 Å². The van der Waals surface area contributed by atoms with Crippen molar-refractivity contribution in [3.63, 3.8) is 0 Å². The number of aliphatic carboxylic acids is 1. The Morgan fingerprint density at radius 1 is 1.31 bits per heavy atom. The number of halogens is 3. The number of carbonyl (C=O) groups is 1. The van der Waals surface area contributed by atoms with Gasteiger partial charge in [0.2, 0.25) is 10.0 Å². The van der Waals surface area contributed by atoms with E-state index in [2.05, 4.69) is 16.7 Å². The molecule has 2 saturated heterocycles. The van der Waals surface area contributed by atoms with Crippen molar-refractivity contribution in [2.45, 2.75) is 48.5 Å². The molecule has 0 radical (unpaired) electrons. The van der Waals surface area contributed by atoms with E-state index in [0.29, 0.717) is 11.4 Å². The lowest BCUT2D eigenvalue weighted by molar-refractivity contribution is -0.192. The zero-order valence-electron chi connectivity index (χ0n) is 16.0. The largest absolute Gasteiger partial charge is 0.490 e. The molecule has 11 heteroatoms. The number of likely N-dealkylation sites (tertiary alicyclic amines) is 1. The Kier molecular flexibility index (Phi) is 7.66. The highest BCUT2D eigenvalue weighted by atomic mass is 32.2. The SMILES string of the molecule is CN1CC[C@]2(CCC[C@H](CNS(=O)(=O)c3ccccc3)O2)C1.O=C(O)C(F)(F)F. The number of likely N-dealkylation sites (N-methyl/N-ethyl adjacent to an activating group) is 1. The molecule has 1 spiro atoms. The fourth-order valence-electron chi connectivity index (χ4n) is 3.50. The zero-order valence-corrected chi connectivity index (χ0v) is 16.8. The van der Waals surface area contributed by atoms with E-state index in [0.717, 1.165) is 38.8 Å². The maximum Gasteiger partial charge on any atom is 0.490 e. The molecule has 3 rings (SSSR count). The van der Waals surface area contributed by atoms with Gasteiger partial charge >= 0.3 is 12.1 Å². The predicted molar refractivity (Wildman–Crippen MR) is 98.9 cm³/mol. The number of ether oxygens (including phenoxy) is 1. The Bertz CT molecular complexity index is 784. The van der Waals surface area contributed by atoms with Crippen LogP contribution in [-0.2, 0) is 19.6 Å². The van der Waals surface area contributed by atoms with Crippen LogP contribution in [0.15, 0.2) is 35.2 Å². The maximum absolute atomic E-state index is 12.3. The number of hydrogen-bond acceptors (Lipinski definition) is 5. The molecule has 2 atom stereocenters. The summed E-state index contributed by atoms with van der Waals surface area (Å²) in [6, 6.07) is 8.49. The normalized spacial score (nSPS) is 25.4. The van der Waals surface area contributed by atoms with Gasteiger partial charge in [0.05, 0.1) is 16.6 Å². The van der Waals surface area contributed by atoms with Crippen molar-refractivity contribution in [3.8, 4) is 0 Å². The number of nitrogens with zero attached hydrogens (tertiary/aromatic N) is 1. The smallest absolute Gasteiger partial charge is 0.475 e. The molecule has 164 valence electrons. The van der Waals surface area contributed by atoms with Crippen LogP contribution in [0.2, 0.25) is 0 Å². The molecule has 2 heterocycles. The number of hydrogen-bond donors (Lipinski definition) is 2. The second-order valence-electron chi connectivity index (χ2n) is 7.27. The monoisotopic (exact) mass is 438 g/mol. The van der Waals surface area contributed by atoms with Crippen molar-refractivity contribution in [1.82, 2.24) is 9.62 Å². The molecule has 7 nitrogen and oxygen atoms in total. The molecule has 1 aromatic rings. The Hall–Kier alpha value is -1.69. The van der Waals surface area contributed by atoms with Crippen LogP contribution in [-0.4, -0.2) is 69.0 Å². The second kappa shape index (κ2) is 9.41. The van der Waals surface area contributed by atoms with Crippen molar-refractivity contribution in [1.29, 1.82) is 0 Å². The van der Waals surface area contributed by atoms with Gasteiger partial charge in [0.25, 0.3) is 0 Å². The van der Waals surface area contributed by atoms with Gasteiger partial charge in [0.1, 0.15) is 0 Å². The number of benzene rings is 1. The minimum atomic E-state index is -5.08. The second-order valence-corrected chi connectivity index (χ2v) is 9.04. The topological polar surface area (TPSA) is 95.9 Å². The van der Waals surface area contributed by atoms with E-state index in [9.17, 15) is 21.6 Å². The van der Waals surface area contributed by atoms with Gasteiger partial charge in [-0.25, -0.2) is 17.9 Å². The first-order valence-corrected chi connectivity index (χ1v) is 10.6. The van der Waals surface area contributed by atoms with E-state index in [-0.39, 0.29) is 11.7 Å². The Morgan fingerprint density at radius 3 is 2.45 bits per heavy atom. The van der Waals surface area contributed by atoms with Crippen molar-refractivity contribution in [2.75, 3.05) is 26.7 Å². The lowest BCUT2D eigenvalue weighted by atomic mass is 9.90. The van der Waals surface area contributed by atoms with Crippen LogP contribution < -0.4 is 4.72 Å².